The Bertz CT molecular complexity index is 925. The number of benzene rings is 1. The summed E-state index contributed by atoms with van der Waals surface area (Å²) in [5, 5.41) is 12.4. The molecule has 0 saturated carbocycles. The Kier molecular flexibility index (Phi) is 4.98. The molecule has 0 radical (unpaired) electrons. The third-order valence-electron chi connectivity index (χ3n) is 5.68. The van der Waals surface area contributed by atoms with Crippen LogP contribution in [0.25, 0.3) is 10.9 Å². The molecule has 5 nitrogen and oxygen atoms in total. The Morgan fingerprint density at radius 1 is 1.15 bits per heavy atom. The van der Waals surface area contributed by atoms with Crippen molar-refractivity contribution in [1.82, 2.24) is 19.4 Å². The van der Waals surface area contributed by atoms with Gasteiger partial charge in [-0.2, -0.15) is 0 Å². The minimum absolute atomic E-state index is 0.742. The number of aliphatic hydroxyl groups is 1. The van der Waals surface area contributed by atoms with E-state index in [0.717, 1.165) is 73.4 Å². The number of imidazole rings is 1. The van der Waals surface area contributed by atoms with Crippen molar-refractivity contribution >= 4 is 10.9 Å². The summed E-state index contributed by atoms with van der Waals surface area (Å²) in [5.74, 6) is 1.12. The van der Waals surface area contributed by atoms with Crippen molar-refractivity contribution < 1.29 is 5.11 Å². The Hall–Kier alpha value is -2.24. The van der Waals surface area contributed by atoms with E-state index in [2.05, 4.69) is 44.7 Å². The van der Waals surface area contributed by atoms with Crippen LogP contribution < -0.4 is 0 Å². The smallest absolute Gasteiger partial charge is 0.122 e. The number of piperidine rings is 1. The minimum atomic E-state index is -0.756. The van der Waals surface area contributed by atoms with Gasteiger partial charge in [0.1, 0.15) is 5.82 Å². The largest absolute Gasteiger partial charge is 0.385 e. The monoisotopic (exact) mass is 364 g/mol. The molecule has 0 atom stereocenters. The SMILES string of the molecule is CCCn1ccnc1CN1CCC(O)(c2ccc3nc(C)ccc3c2)CC1. The molecule has 0 unspecified atom stereocenters. The van der Waals surface area contributed by atoms with E-state index in [0.29, 0.717) is 0 Å². The van der Waals surface area contributed by atoms with Crippen LogP contribution >= 0.6 is 0 Å². The molecule has 27 heavy (non-hydrogen) atoms. The van der Waals surface area contributed by atoms with Crippen LogP contribution in [0.3, 0.4) is 0 Å². The zero-order chi connectivity index (χ0) is 18.9. The van der Waals surface area contributed by atoms with Gasteiger partial charge >= 0.3 is 0 Å². The molecule has 1 aliphatic heterocycles. The summed E-state index contributed by atoms with van der Waals surface area (Å²) in [5.41, 5.74) is 2.26. The molecule has 1 fully saturated rings. The molecule has 0 aliphatic carbocycles. The van der Waals surface area contributed by atoms with E-state index in [1.165, 1.54) is 0 Å². The summed E-state index contributed by atoms with van der Waals surface area (Å²) in [6, 6.07) is 10.3. The van der Waals surface area contributed by atoms with Gasteiger partial charge in [-0.3, -0.25) is 9.88 Å². The van der Waals surface area contributed by atoms with Gasteiger partial charge in [-0.25, -0.2) is 4.98 Å². The van der Waals surface area contributed by atoms with Crippen molar-refractivity contribution in [3.63, 3.8) is 0 Å². The highest BCUT2D eigenvalue weighted by Crippen LogP contribution is 2.34. The normalized spacial score (nSPS) is 17.4. The van der Waals surface area contributed by atoms with E-state index >= 15 is 0 Å². The molecule has 4 rings (SSSR count). The Morgan fingerprint density at radius 3 is 2.74 bits per heavy atom. The lowest BCUT2D eigenvalue weighted by Crippen LogP contribution is -2.42. The average molecular weight is 364 g/mol. The molecule has 1 saturated heterocycles. The maximum atomic E-state index is 11.3. The number of fused-ring (bicyclic) bond motifs is 1. The lowest BCUT2D eigenvalue weighted by Gasteiger charge is -2.38. The first-order valence-corrected chi connectivity index (χ1v) is 9.90. The van der Waals surface area contributed by atoms with E-state index in [1.54, 1.807) is 0 Å². The minimum Gasteiger partial charge on any atom is -0.385 e. The van der Waals surface area contributed by atoms with Crippen molar-refractivity contribution in [3.05, 3.63) is 59.8 Å². The van der Waals surface area contributed by atoms with Gasteiger partial charge in [0, 0.05) is 43.1 Å². The molecule has 0 amide bonds. The van der Waals surface area contributed by atoms with E-state index in [1.807, 2.05) is 31.3 Å². The number of nitrogens with zero attached hydrogens (tertiary/aromatic N) is 4. The van der Waals surface area contributed by atoms with Gasteiger partial charge in [0.2, 0.25) is 0 Å². The predicted octanol–water partition coefficient (Wildman–Crippen LogP) is 3.63. The summed E-state index contributed by atoms with van der Waals surface area (Å²) >= 11 is 0. The predicted molar refractivity (Wildman–Crippen MR) is 107 cm³/mol. The fourth-order valence-corrected chi connectivity index (χ4v) is 4.02. The van der Waals surface area contributed by atoms with Crippen LogP contribution in [0.5, 0.6) is 0 Å². The van der Waals surface area contributed by atoms with Crippen LogP contribution in [-0.4, -0.2) is 37.6 Å². The molecule has 1 aromatic carbocycles. The lowest BCUT2D eigenvalue weighted by atomic mass is 9.84. The zero-order valence-corrected chi connectivity index (χ0v) is 16.2. The third kappa shape index (κ3) is 3.75. The number of hydrogen-bond acceptors (Lipinski definition) is 4. The third-order valence-corrected chi connectivity index (χ3v) is 5.68. The highest BCUT2D eigenvalue weighted by molar-refractivity contribution is 5.79. The number of aromatic nitrogens is 3. The molecule has 3 aromatic rings. The van der Waals surface area contributed by atoms with Crippen molar-refractivity contribution in [1.29, 1.82) is 0 Å². The second kappa shape index (κ2) is 7.41. The van der Waals surface area contributed by atoms with Gasteiger partial charge in [-0.05, 0) is 49.9 Å². The summed E-state index contributed by atoms with van der Waals surface area (Å²) in [6.45, 7) is 7.80. The fraction of sp³-hybridized carbons (Fsp3) is 0.455. The summed E-state index contributed by atoms with van der Waals surface area (Å²) < 4.78 is 2.24. The second-order valence-corrected chi connectivity index (χ2v) is 7.70. The summed E-state index contributed by atoms with van der Waals surface area (Å²) in [7, 11) is 0. The summed E-state index contributed by atoms with van der Waals surface area (Å²) in [4.78, 5) is 11.5. The molecule has 1 aliphatic rings. The highest BCUT2D eigenvalue weighted by Gasteiger charge is 2.34. The number of aryl methyl sites for hydroxylation is 2. The van der Waals surface area contributed by atoms with Gasteiger partial charge in [-0.1, -0.05) is 19.1 Å². The molecule has 1 N–H and O–H groups in total. The first-order chi connectivity index (χ1) is 13.1. The molecule has 0 spiro atoms. The van der Waals surface area contributed by atoms with Crippen LogP contribution in [0.15, 0.2) is 42.7 Å². The standard InChI is InChI=1S/C22H28N4O/c1-3-11-26-14-10-23-21(26)16-25-12-8-22(27,9-13-25)19-6-7-20-18(15-19)5-4-17(2)24-20/h4-7,10,14-15,27H,3,8-9,11-13,16H2,1-2H3. The van der Waals surface area contributed by atoms with Crippen LogP contribution in [0.2, 0.25) is 0 Å². The first-order valence-electron chi connectivity index (χ1n) is 9.90. The maximum absolute atomic E-state index is 11.3. The topological polar surface area (TPSA) is 54.2 Å². The number of pyridine rings is 1. The van der Waals surface area contributed by atoms with Crippen LogP contribution in [0.1, 0.15) is 43.3 Å². The number of hydrogen-bond donors (Lipinski definition) is 1. The van der Waals surface area contributed by atoms with Crippen LogP contribution in [-0.2, 0) is 18.7 Å². The highest BCUT2D eigenvalue weighted by atomic mass is 16.3. The maximum Gasteiger partial charge on any atom is 0.122 e. The molecular formula is C22H28N4O. The van der Waals surface area contributed by atoms with Crippen LogP contribution in [0.4, 0.5) is 0 Å². The quantitative estimate of drug-likeness (QED) is 0.751. The number of rotatable bonds is 5. The molecular weight excluding hydrogens is 336 g/mol. The second-order valence-electron chi connectivity index (χ2n) is 7.70. The fourth-order valence-electron chi connectivity index (χ4n) is 4.02. The van der Waals surface area contributed by atoms with Crippen LogP contribution in [0, 0.1) is 6.92 Å². The van der Waals surface area contributed by atoms with Gasteiger partial charge in [0.05, 0.1) is 17.7 Å². The van der Waals surface area contributed by atoms with E-state index in [-0.39, 0.29) is 0 Å². The molecule has 0 bridgehead atoms. The van der Waals surface area contributed by atoms with Gasteiger partial charge in [0.15, 0.2) is 0 Å². The summed E-state index contributed by atoms with van der Waals surface area (Å²) in [6.07, 6.45) is 6.54. The lowest BCUT2D eigenvalue weighted by molar-refractivity contribution is -0.0283. The van der Waals surface area contributed by atoms with Gasteiger partial charge < -0.3 is 9.67 Å². The molecule has 2 aromatic heterocycles. The molecule has 142 valence electrons. The Balaban J connectivity index is 1.46. The van der Waals surface area contributed by atoms with Crippen molar-refractivity contribution in [2.45, 2.75) is 51.8 Å². The zero-order valence-electron chi connectivity index (χ0n) is 16.2. The van der Waals surface area contributed by atoms with Crippen molar-refractivity contribution in [3.8, 4) is 0 Å². The van der Waals surface area contributed by atoms with Crippen molar-refractivity contribution in [2.75, 3.05) is 13.1 Å². The molecule has 5 heteroatoms. The van der Waals surface area contributed by atoms with E-state index in [4.69, 9.17) is 0 Å². The average Bonchev–Trinajstić information content (AvgIpc) is 3.10. The Labute approximate surface area is 160 Å². The Morgan fingerprint density at radius 2 is 1.96 bits per heavy atom. The van der Waals surface area contributed by atoms with Gasteiger partial charge in [0.25, 0.3) is 0 Å². The van der Waals surface area contributed by atoms with E-state index in [9.17, 15) is 5.11 Å². The first kappa shape index (κ1) is 18.1. The van der Waals surface area contributed by atoms with Crippen molar-refractivity contribution in [2.24, 2.45) is 0 Å². The van der Waals surface area contributed by atoms with E-state index < -0.39 is 5.60 Å². The van der Waals surface area contributed by atoms with Gasteiger partial charge in [-0.15, -0.1) is 0 Å². The number of likely N-dealkylation sites (tertiary alicyclic amines) is 1. The molecule has 3 heterocycles.